The van der Waals surface area contributed by atoms with Gasteiger partial charge in [0.25, 0.3) is 11.8 Å². The van der Waals surface area contributed by atoms with Crippen LogP contribution >= 0.6 is 34.8 Å². The highest BCUT2D eigenvalue weighted by atomic mass is 127. The van der Waals surface area contributed by atoms with Gasteiger partial charge in [0.2, 0.25) is 0 Å². The summed E-state index contributed by atoms with van der Waals surface area (Å²) < 4.78 is 6.84. The number of halogens is 1. The van der Waals surface area contributed by atoms with Crippen molar-refractivity contribution in [1.29, 1.82) is 0 Å². The van der Waals surface area contributed by atoms with Gasteiger partial charge < -0.3 is 4.74 Å². The number of benzene rings is 3. The Morgan fingerprint density at radius 1 is 1.00 bits per heavy atom. The standard InChI is InChI=1S/C27H23IN2O3S/c1-3-18-8-11-21(12-9-18)30-26(32)22(25(31)29-27(30)34)14-20-10-13-24(23(28)15-20)33-16-19-6-4-17(2)5-7-19/h4-15H,3,16H2,1-2H3,(H,29,31,34)/b22-14+. The number of carbonyl (C=O) groups is 2. The molecule has 5 nitrogen and oxygen atoms in total. The first-order valence-corrected chi connectivity index (χ1v) is 12.3. The summed E-state index contributed by atoms with van der Waals surface area (Å²) in [5.74, 6) is -0.222. The maximum atomic E-state index is 13.2. The molecule has 3 aromatic carbocycles. The highest BCUT2D eigenvalue weighted by Crippen LogP contribution is 2.26. The summed E-state index contributed by atoms with van der Waals surface area (Å²) >= 11 is 7.48. The lowest BCUT2D eigenvalue weighted by atomic mass is 10.1. The molecule has 0 radical (unpaired) electrons. The molecule has 0 saturated carbocycles. The molecule has 1 N–H and O–H groups in total. The van der Waals surface area contributed by atoms with Crippen LogP contribution < -0.4 is 15.0 Å². The molecule has 0 aliphatic carbocycles. The molecule has 1 saturated heterocycles. The van der Waals surface area contributed by atoms with Crippen LogP contribution in [0.3, 0.4) is 0 Å². The Morgan fingerprint density at radius 3 is 2.32 bits per heavy atom. The maximum absolute atomic E-state index is 13.2. The van der Waals surface area contributed by atoms with E-state index in [9.17, 15) is 9.59 Å². The molecular formula is C27H23IN2O3S. The molecule has 1 aliphatic rings. The summed E-state index contributed by atoms with van der Waals surface area (Å²) in [6.07, 6.45) is 2.47. The van der Waals surface area contributed by atoms with E-state index < -0.39 is 11.8 Å². The predicted molar refractivity (Wildman–Crippen MR) is 147 cm³/mol. The number of hydrogen-bond donors (Lipinski definition) is 1. The summed E-state index contributed by atoms with van der Waals surface area (Å²) in [5.41, 5.74) is 4.80. The maximum Gasteiger partial charge on any atom is 0.270 e. The van der Waals surface area contributed by atoms with Gasteiger partial charge in [0.05, 0.1) is 9.26 Å². The Morgan fingerprint density at radius 2 is 1.68 bits per heavy atom. The first-order valence-electron chi connectivity index (χ1n) is 10.8. The highest BCUT2D eigenvalue weighted by molar-refractivity contribution is 14.1. The van der Waals surface area contributed by atoms with Crippen molar-refractivity contribution in [3.63, 3.8) is 0 Å². The van der Waals surface area contributed by atoms with E-state index >= 15 is 0 Å². The van der Waals surface area contributed by atoms with Crippen LogP contribution in [0.15, 0.2) is 72.3 Å². The number of ether oxygens (including phenoxy) is 1. The monoisotopic (exact) mass is 582 g/mol. The van der Waals surface area contributed by atoms with Crippen LogP contribution in [0.4, 0.5) is 5.69 Å². The van der Waals surface area contributed by atoms with Gasteiger partial charge in [-0.1, -0.05) is 55.0 Å². The lowest BCUT2D eigenvalue weighted by Crippen LogP contribution is -2.54. The molecule has 1 heterocycles. The van der Waals surface area contributed by atoms with Gasteiger partial charge in [-0.15, -0.1) is 0 Å². The molecule has 34 heavy (non-hydrogen) atoms. The van der Waals surface area contributed by atoms with Crippen LogP contribution in [0.25, 0.3) is 6.08 Å². The third-order valence-electron chi connectivity index (χ3n) is 5.49. The van der Waals surface area contributed by atoms with Crippen molar-refractivity contribution < 1.29 is 14.3 Å². The molecule has 1 aliphatic heterocycles. The van der Waals surface area contributed by atoms with Gasteiger partial charge in [-0.05, 0) is 95.2 Å². The fraction of sp³-hybridized carbons (Fsp3) is 0.148. The van der Waals surface area contributed by atoms with Gasteiger partial charge in [-0.2, -0.15) is 0 Å². The Bertz CT molecular complexity index is 1280. The van der Waals surface area contributed by atoms with Crippen molar-refractivity contribution in [1.82, 2.24) is 5.32 Å². The van der Waals surface area contributed by atoms with Crippen molar-refractivity contribution in [3.8, 4) is 5.75 Å². The number of hydrogen-bond acceptors (Lipinski definition) is 4. The van der Waals surface area contributed by atoms with Gasteiger partial charge >= 0.3 is 0 Å². The van der Waals surface area contributed by atoms with Crippen LogP contribution in [0.2, 0.25) is 0 Å². The van der Waals surface area contributed by atoms with Crippen LogP contribution in [0.1, 0.15) is 29.2 Å². The number of nitrogens with one attached hydrogen (secondary N) is 1. The zero-order valence-electron chi connectivity index (χ0n) is 18.8. The molecule has 0 atom stereocenters. The number of rotatable bonds is 6. The molecule has 2 amide bonds. The van der Waals surface area contributed by atoms with Crippen LogP contribution in [0.5, 0.6) is 5.75 Å². The molecule has 0 spiro atoms. The topological polar surface area (TPSA) is 58.6 Å². The molecule has 3 aromatic rings. The average Bonchev–Trinajstić information content (AvgIpc) is 2.82. The quantitative estimate of drug-likeness (QED) is 0.179. The molecule has 1 fully saturated rings. The largest absolute Gasteiger partial charge is 0.488 e. The second-order valence-electron chi connectivity index (χ2n) is 7.94. The molecule has 7 heteroatoms. The van der Waals surface area contributed by atoms with E-state index in [1.54, 1.807) is 6.08 Å². The summed E-state index contributed by atoms with van der Waals surface area (Å²) in [5, 5.41) is 2.70. The van der Waals surface area contributed by atoms with Crippen molar-refractivity contribution >= 4 is 63.5 Å². The highest BCUT2D eigenvalue weighted by Gasteiger charge is 2.34. The number of amides is 2. The molecule has 0 bridgehead atoms. The SMILES string of the molecule is CCc1ccc(N2C(=O)/C(=C/c3ccc(OCc4ccc(C)cc4)c(I)c3)C(=O)NC2=S)cc1. The van der Waals surface area contributed by atoms with Crippen molar-refractivity contribution in [3.05, 3.63) is 98.1 Å². The zero-order chi connectivity index (χ0) is 24.2. The van der Waals surface area contributed by atoms with Gasteiger partial charge in [0.15, 0.2) is 5.11 Å². The Labute approximate surface area is 218 Å². The summed E-state index contributed by atoms with van der Waals surface area (Å²) in [6.45, 7) is 4.57. The first-order chi connectivity index (χ1) is 16.4. The number of carbonyl (C=O) groups excluding carboxylic acids is 2. The van der Waals surface area contributed by atoms with E-state index in [2.05, 4.69) is 47.0 Å². The molecule has 0 unspecified atom stereocenters. The third-order valence-corrected chi connectivity index (χ3v) is 6.61. The van der Waals surface area contributed by atoms with E-state index in [1.165, 1.54) is 10.5 Å². The smallest absolute Gasteiger partial charge is 0.270 e. The summed E-state index contributed by atoms with van der Waals surface area (Å²) in [4.78, 5) is 27.2. The van der Waals surface area contributed by atoms with E-state index in [-0.39, 0.29) is 10.7 Å². The van der Waals surface area contributed by atoms with E-state index in [0.717, 1.165) is 32.4 Å². The van der Waals surface area contributed by atoms with Gasteiger partial charge in [0.1, 0.15) is 17.9 Å². The van der Waals surface area contributed by atoms with Gasteiger partial charge in [-0.25, -0.2) is 0 Å². The van der Waals surface area contributed by atoms with Crippen molar-refractivity contribution in [2.45, 2.75) is 26.9 Å². The van der Waals surface area contributed by atoms with E-state index in [0.29, 0.717) is 12.3 Å². The van der Waals surface area contributed by atoms with Gasteiger partial charge in [-0.3, -0.25) is 19.8 Å². The minimum Gasteiger partial charge on any atom is -0.488 e. The van der Waals surface area contributed by atoms with Crippen LogP contribution in [-0.2, 0) is 22.6 Å². The van der Waals surface area contributed by atoms with E-state index in [4.69, 9.17) is 17.0 Å². The summed E-state index contributed by atoms with van der Waals surface area (Å²) in [7, 11) is 0. The first kappa shape index (κ1) is 24.1. The number of thiocarbonyl (C=S) groups is 1. The number of aryl methyl sites for hydroxylation is 2. The normalized spacial score (nSPS) is 15.0. The molecule has 0 aromatic heterocycles. The van der Waals surface area contributed by atoms with E-state index in [1.807, 2.05) is 61.5 Å². The molecule has 4 rings (SSSR count). The fourth-order valence-corrected chi connectivity index (χ4v) is 4.48. The molecular weight excluding hydrogens is 559 g/mol. The minimum absolute atomic E-state index is 0.0253. The lowest BCUT2D eigenvalue weighted by molar-refractivity contribution is -0.122. The van der Waals surface area contributed by atoms with Gasteiger partial charge in [0, 0.05) is 0 Å². The van der Waals surface area contributed by atoms with Crippen LogP contribution in [-0.4, -0.2) is 16.9 Å². The Kier molecular flexibility index (Phi) is 7.43. The third kappa shape index (κ3) is 5.37. The Balaban J connectivity index is 1.54. The van der Waals surface area contributed by atoms with Crippen LogP contribution in [0, 0.1) is 10.5 Å². The number of anilines is 1. The second kappa shape index (κ2) is 10.5. The van der Waals surface area contributed by atoms with Crippen molar-refractivity contribution in [2.75, 3.05) is 4.90 Å². The molecule has 172 valence electrons. The van der Waals surface area contributed by atoms with Crippen molar-refractivity contribution in [2.24, 2.45) is 0 Å². The lowest BCUT2D eigenvalue weighted by Gasteiger charge is -2.29. The fourth-order valence-electron chi connectivity index (χ4n) is 3.51. The number of nitrogens with zero attached hydrogens (tertiary/aromatic N) is 1. The zero-order valence-corrected chi connectivity index (χ0v) is 21.8. The average molecular weight is 582 g/mol. The predicted octanol–water partition coefficient (Wildman–Crippen LogP) is 5.57. The Hall–Kier alpha value is -3.04. The summed E-state index contributed by atoms with van der Waals surface area (Å²) in [6, 6.07) is 21.3. The second-order valence-corrected chi connectivity index (χ2v) is 9.49. The minimum atomic E-state index is -0.508.